The van der Waals surface area contributed by atoms with Gasteiger partial charge in [0.1, 0.15) is 12.1 Å². The molecule has 0 spiro atoms. The average Bonchev–Trinajstić information content (AvgIpc) is 3.83. The molecule has 0 fully saturated rings. The molecule has 3 amide bonds. The zero-order valence-electron chi connectivity index (χ0n) is 32.0. The van der Waals surface area contributed by atoms with Crippen molar-refractivity contribution in [1.82, 2.24) is 35.4 Å². The average molecular weight is 798 g/mol. The van der Waals surface area contributed by atoms with Crippen molar-refractivity contribution in [2.75, 3.05) is 20.1 Å². The van der Waals surface area contributed by atoms with Crippen LogP contribution in [0.1, 0.15) is 55.2 Å². The molecule has 56 heavy (non-hydrogen) atoms. The summed E-state index contributed by atoms with van der Waals surface area (Å²) in [5.41, 5.74) is 16.9. The Labute approximate surface area is 337 Å². The molecule has 2 aromatic heterocycles. The van der Waals surface area contributed by atoms with Gasteiger partial charge in [-0.2, -0.15) is 0 Å². The summed E-state index contributed by atoms with van der Waals surface area (Å²) in [6.45, 7) is 1.50. The van der Waals surface area contributed by atoms with Crippen molar-refractivity contribution < 1.29 is 14.4 Å². The number of nitrogens with one attached hydrogen (secondary N) is 4. The molecule has 5 aromatic rings. The molecule has 1 aliphatic heterocycles. The minimum Gasteiger partial charge on any atom is -0.361 e. The molecule has 12 nitrogen and oxygen atoms in total. The summed E-state index contributed by atoms with van der Waals surface area (Å²) in [6, 6.07) is 17.4. The number of aromatic amines is 1. The summed E-state index contributed by atoms with van der Waals surface area (Å²) < 4.78 is 1.87. The van der Waals surface area contributed by atoms with Crippen molar-refractivity contribution >= 4 is 52.0 Å². The first-order chi connectivity index (χ1) is 27.2. The van der Waals surface area contributed by atoms with Gasteiger partial charge in [0.2, 0.25) is 17.7 Å². The van der Waals surface area contributed by atoms with Gasteiger partial charge in [0.15, 0.2) is 0 Å². The first kappa shape index (κ1) is 41.0. The summed E-state index contributed by atoms with van der Waals surface area (Å²) in [5, 5.41) is 11.2. The molecule has 0 saturated heterocycles. The van der Waals surface area contributed by atoms with E-state index in [4.69, 9.17) is 23.1 Å². The van der Waals surface area contributed by atoms with Crippen LogP contribution in [0, 0.1) is 0 Å². The number of benzene rings is 3. The molecule has 0 aliphatic carbocycles. The fourth-order valence-corrected chi connectivity index (χ4v) is 8.57. The van der Waals surface area contributed by atoms with Gasteiger partial charge in [-0.3, -0.25) is 14.4 Å². The van der Waals surface area contributed by atoms with Crippen LogP contribution in [0.2, 0.25) is 5.02 Å². The maximum Gasteiger partial charge on any atom is 0.245 e. The normalized spacial score (nSPS) is 18.6. The molecule has 0 unspecified atom stereocenters. The molecular weight excluding hydrogens is 746 g/mol. The number of imidazole rings is 1. The SMILES string of the molecule is CN1C(=O)[C@H](CCCCCN)NC(=O)[C@H](CCCN)NCc2ccccc2Sc2c(Cl)cc(-c3cn(C)cn3)cc2CNC(=O)[C@@H]1Cc1c[nH]c2ccccc12. The second-order valence-electron chi connectivity index (χ2n) is 14.4. The number of halogens is 1. The minimum atomic E-state index is -0.904. The van der Waals surface area contributed by atoms with Crippen LogP contribution >= 0.6 is 23.4 Å². The summed E-state index contributed by atoms with van der Waals surface area (Å²) >= 11 is 8.62. The number of hydrogen-bond acceptors (Lipinski definition) is 8. The van der Waals surface area contributed by atoms with Crippen LogP contribution in [0.5, 0.6) is 0 Å². The minimum absolute atomic E-state index is 0.148. The Morgan fingerprint density at radius 3 is 2.43 bits per heavy atom. The Hall–Kier alpha value is -4.66. The number of carbonyl (C=O) groups excluding carboxylic acids is 3. The van der Waals surface area contributed by atoms with E-state index in [1.807, 2.05) is 84.7 Å². The maximum atomic E-state index is 14.6. The summed E-state index contributed by atoms with van der Waals surface area (Å²) in [5.74, 6) is -0.955. The third-order valence-corrected chi connectivity index (χ3v) is 12.0. The number of hydrogen-bond donors (Lipinski definition) is 6. The van der Waals surface area contributed by atoms with Gasteiger partial charge in [-0.15, -0.1) is 0 Å². The van der Waals surface area contributed by atoms with Crippen LogP contribution in [0.4, 0.5) is 0 Å². The number of amides is 3. The van der Waals surface area contributed by atoms with Crippen molar-refractivity contribution in [1.29, 1.82) is 0 Å². The molecular formula is C42H52ClN9O3S. The highest BCUT2D eigenvalue weighted by molar-refractivity contribution is 7.99. The van der Waals surface area contributed by atoms with E-state index in [0.29, 0.717) is 50.3 Å². The molecule has 0 saturated carbocycles. The fourth-order valence-electron chi connectivity index (χ4n) is 7.16. The number of unbranched alkanes of at least 4 members (excludes halogenated alkanes) is 2. The zero-order valence-corrected chi connectivity index (χ0v) is 33.6. The van der Waals surface area contributed by atoms with Crippen molar-refractivity contribution in [3.63, 3.8) is 0 Å². The first-order valence-electron chi connectivity index (χ1n) is 19.3. The number of fused-ring (bicyclic) bond motifs is 3. The molecule has 3 aromatic carbocycles. The van der Waals surface area contributed by atoms with Crippen LogP contribution in [0.3, 0.4) is 0 Å². The molecule has 3 atom stereocenters. The van der Waals surface area contributed by atoms with Gasteiger partial charge in [-0.1, -0.05) is 72.6 Å². The first-order valence-corrected chi connectivity index (χ1v) is 20.5. The third kappa shape index (κ3) is 10.0. The topological polar surface area (TPSA) is 176 Å². The summed E-state index contributed by atoms with van der Waals surface area (Å²) in [7, 11) is 3.56. The van der Waals surface area contributed by atoms with Crippen LogP contribution in [-0.2, 0) is 40.9 Å². The van der Waals surface area contributed by atoms with E-state index in [0.717, 1.165) is 61.5 Å². The predicted molar refractivity (Wildman–Crippen MR) is 223 cm³/mol. The summed E-state index contributed by atoms with van der Waals surface area (Å²) in [4.78, 5) is 54.4. The van der Waals surface area contributed by atoms with Crippen LogP contribution < -0.4 is 27.4 Å². The van der Waals surface area contributed by atoms with Gasteiger partial charge in [0, 0.05) is 72.3 Å². The lowest BCUT2D eigenvalue weighted by atomic mass is 10.0. The number of para-hydroxylation sites is 1. The number of nitrogens with two attached hydrogens (primary N) is 2. The molecule has 14 heteroatoms. The van der Waals surface area contributed by atoms with E-state index < -0.39 is 18.1 Å². The van der Waals surface area contributed by atoms with Crippen molar-refractivity contribution in [3.8, 4) is 11.3 Å². The van der Waals surface area contributed by atoms with Gasteiger partial charge >= 0.3 is 0 Å². The zero-order chi connectivity index (χ0) is 39.6. The number of H-pyrrole nitrogens is 1. The molecule has 296 valence electrons. The second kappa shape index (κ2) is 19.5. The molecule has 6 rings (SSSR count). The molecule has 3 heterocycles. The number of nitrogens with zero attached hydrogens (tertiary/aromatic N) is 3. The Morgan fingerprint density at radius 2 is 1.64 bits per heavy atom. The van der Waals surface area contributed by atoms with E-state index in [-0.39, 0.29) is 30.7 Å². The van der Waals surface area contributed by atoms with Crippen molar-refractivity contribution in [2.45, 2.75) is 86.0 Å². The summed E-state index contributed by atoms with van der Waals surface area (Å²) in [6.07, 6.45) is 9.60. The molecule has 0 bridgehead atoms. The molecule has 8 N–H and O–H groups in total. The number of rotatable bonds is 11. The number of aromatic nitrogens is 3. The van der Waals surface area contributed by atoms with Gasteiger partial charge < -0.3 is 41.9 Å². The Morgan fingerprint density at radius 1 is 0.875 bits per heavy atom. The molecule has 1 aliphatic rings. The van der Waals surface area contributed by atoms with Crippen molar-refractivity contribution in [3.05, 3.63) is 101 Å². The maximum absolute atomic E-state index is 14.6. The largest absolute Gasteiger partial charge is 0.361 e. The van der Waals surface area contributed by atoms with Gasteiger partial charge in [0.25, 0.3) is 0 Å². The number of carbonyl (C=O) groups is 3. The quantitative estimate of drug-likeness (QED) is 0.0980. The highest BCUT2D eigenvalue weighted by atomic mass is 35.5. The van der Waals surface area contributed by atoms with Crippen LogP contribution in [-0.4, -0.2) is 75.4 Å². The predicted octanol–water partition coefficient (Wildman–Crippen LogP) is 5.27. The molecule has 0 radical (unpaired) electrons. The fraction of sp³-hybridized carbons (Fsp3) is 0.381. The van der Waals surface area contributed by atoms with Gasteiger partial charge in [0.05, 0.1) is 23.1 Å². The highest BCUT2D eigenvalue weighted by Gasteiger charge is 2.34. The van der Waals surface area contributed by atoms with E-state index in [2.05, 4.69) is 25.9 Å². The second-order valence-corrected chi connectivity index (χ2v) is 15.8. The number of aryl methyl sites for hydroxylation is 1. The standard InChI is InChI=1S/C42H52ClN9O3S/c1-51-25-36(49-26-51)28-19-30-24-48-41(54)37(21-29-23-46-33-13-7-6-12-31(29)33)52(2)42(55)35(14-4-3-9-17-44)50-40(53)34(15-10-18-45)47-22-27-11-5-8-16-38(27)56-39(30)32(43)20-28/h5-8,11-13,16,19-20,23,25-26,34-35,37,46-47H,3-4,9-10,14-15,17-18,21-22,24,44-45H2,1-2H3,(H,48,54)(H,50,53)/t34-,35-,37-/m0/s1. The van der Waals surface area contributed by atoms with Crippen molar-refractivity contribution in [2.24, 2.45) is 18.5 Å². The Kier molecular flexibility index (Phi) is 14.2. The Bertz CT molecular complexity index is 2140. The third-order valence-electron chi connectivity index (χ3n) is 10.3. The van der Waals surface area contributed by atoms with E-state index >= 15 is 0 Å². The van der Waals surface area contributed by atoms with Crippen LogP contribution in [0.15, 0.2) is 89.2 Å². The van der Waals surface area contributed by atoms with Gasteiger partial charge in [-0.25, -0.2) is 4.98 Å². The lowest BCUT2D eigenvalue weighted by molar-refractivity contribution is -0.142. The monoisotopic (exact) mass is 797 g/mol. The van der Waals surface area contributed by atoms with E-state index in [9.17, 15) is 14.4 Å². The van der Waals surface area contributed by atoms with Gasteiger partial charge in [-0.05, 0) is 79.7 Å². The lowest BCUT2D eigenvalue weighted by Crippen LogP contribution is -2.57. The Balaban J connectivity index is 1.43. The lowest BCUT2D eigenvalue weighted by Gasteiger charge is -2.32. The number of likely N-dealkylation sites (N-methyl/N-ethyl adjacent to an activating group) is 1. The highest BCUT2D eigenvalue weighted by Crippen LogP contribution is 2.40. The van der Waals surface area contributed by atoms with Crippen LogP contribution in [0.25, 0.3) is 22.2 Å². The van der Waals surface area contributed by atoms with E-state index in [1.54, 1.807) is 13.4 Å². The smallest absolute Gasteiger partial charge is 0.245 e. The van der Waals surface area contributed by atoms with E-state index in [1.165, 1.54) is 16.7 Å².